The Labute approximate surface area is 109 Å². The largest absolute Gasteiger partial charge is 0.0928 e. The number of alkyl halides is 1. The predicted octanol–water partition coefficient (Wildman–Crippen LogP) is 5.14. The Morgan fingerprint density at radius 1 is 0.812 bits per heavy atom. The highest BCUT2D eigenvalue weighted by molar-refractivity contribution is 9.09. The van der Waals surface area contributed by atoms with Crippen LogP contribution in [0.25, 0.3) is 0 Å². The fraction of sp³-hybridized carbons (Fsp3) is 0.600. The van der Waals surface area contributed by atoms with Crippen molar-refractivity contribution in [2.75, 3.05) is 5.33 Å². The molecule has 1 aromatic rings. The molecule has 1 rings (SSSR count). The molecule has 0 amide bonds. The number of halogens is 1. The van der Waals surface area contributed by atoms with E-state index >= 15 is 0 Å². The average Bonchev–Trinajstić information content (AvgIpc) is 2.32. The average molecular weight is 283 g/mol. The zero-order valence-electron chi connectivity index (χ0n) is 10.3. The van der Waals surface area contributed by atoms with Crippen LogP contribution in [0.1, 0.15) is 50.2 Å². The van der Waals surface area contributed by atoms with E-state index in [9.17, 15) is 0 Å². The molecular weight excluding hydrogens is 260 g/mol. The first-order chi connectivity index (χ1) is 7.86. The van der Waals surface area contributed by atoms with Gasteiger partial charge in [0.05, 0.1) is 0 Å². The number of hydrogen-bond acceptors (Lipinski definition) is 0. The van der Waals surface area contributed by atoms with Crippen molar-refractivity contribution in [1.82, 2.24) is 0 Å². The molecule has 0 aromatic heterocycles. The van der Waals surface area contributed by atoms with Crippen molar-refractivity contribution >= 4 is 15.9 Å². The molecular formula is C15H23Br. The van der Waals surface area contributed by atoms with Crippen molar-refractivity contribution in [3.05, 3.63) is 35.4 Å². The predicted molar refractivity (Wildman–Crippen MR) is 76.4 cm³/mol. The van der Waals surface area contributed by atoms with Gasteiger partial charge in [-0.1, -0.05) is 60.0 Å². The molecule has 0 radical (unpaired) electrons. The van der Waals surface area contributed by atoms with Crippen LogP contribution in [0.15, 0.2) is 24.3 Å². The summed E-state index contributed by atoms with van der Waals surface area (Å²) >= 11 is 3.47. The van der Waals surface area contributed by atoms with Gasteiger partial charge >= 0.3 is 0 Å². The summed E-state index contributed by atoms with van der Waals surface area (Å²) in [5.41, 5.74) is 2.98. The van der Waals surface area contributed by atoms with Crippen molar-refractivity contribution in [3.8, 4) is 0 Å². The molecule has 1 heteroatoms. The van der Waals surface area contributed by atoms with E-state index in [2.05, 4.69) is 47.1 Å². The van der Waals surface area contributed by atoms with Gasteiger partial charge in [-0.25, -0.2) is 0 Å². The molecule has 0 N–H and O–H groups in total. The zero-order valence-corrected chi connectivity index (χ0v) is 11.9. The summed E-state index contributed by atoms with van der Waals surface area (Å²) in [6.07, 6.45) is 9.03. The second-order valence-corrected chi connectivity index (χ2v) is 5.21. The lowest BCUT2D eigenvalue weighted by molar-refractivity contribution is 0.717. The van der Waals surface area contributed by atoms with E-state index in [1.165, 1.54) is 56.1 Å². The summed E-state index contributed by atoms with van der Waals surface area (Å²) in [5, 5.41) is 1.13. The summed E-state index contributed by atoms with van der Waals surface area (Å²) < 4.78 is 0. The summed E-state index contributed by atoms with van der Waals surface area (Å²) in [6.45, 7) is 2.26. The topological polar surface area (TPSA) is 0 Å². The molecule has 0 unspecified atom stereocenters. The zero-order chi connectivity index (χ0) is 11.6. The van der Waals surface area contributed by atoms with Crippen LogP contribution < -0.4 is 0 Å². The van der Waals surface area contributed by atoms with Crippen LogP contribution in [-0.2, 0) is 12.8 Å². The van der Waals surface area contributed by atoms with E-state index in [-0.39, 0.29) is 0 Å². The van der Waals surface area contributed by atoms with Crippen LogP contribution in [0.3, 0.4) is 0 Å². The van der Waals surface area contributed by atoms with Gasteiger partial charge in [0.15, 0.2) is 0 Å². The van der Waals surface area contributed by atoms with Crippen LogP contribution in [-0.4, -0.2) is 5.33 Å². The highest BCUT2D eigenvalue weighted by Crippen LogP contribution is 2.11. The van der Waals surface area contributed by atoms with Gasteiger partial charge in [-0.15, -0.1) is 0 Å². The molecule has 0 aliphatic rings. The Bertz CT molecular complexity index is 234. The van der Waals surface area contributed by atoms with E-state index < -0.39 is 0 Å². The Morgan fingerprint density at radius 3 is 1.75 bits per heavy atom. The van der Waals surface area contributed by atoms with Crippen LogP contribution in [0, 0.1) is 0 Å². The molecule has 0 heterocycles. The van der Waals surface area contributed by atoms with Gasteiger partial charge in [0, 0.05) is 5.33 Å². The molecule has 0 saturated heterocycles. The van der Waals surface area contributed by atoms with E-state index in [0.29, 0.717) is 0 Å². The Balaban J connectivity index is 2.30. The van der Waals surface area contributed by atoms with Gasteiger partial charge in [0.1, 0.15) is 0 Å². The molecule has 0 spiro atoms. The summed E-state index contributed by atoms with van der Waals surface area (Å²) in [6, 6.07) is 9.21. The minimum absolute atomic E-state index is 1.13. The monoisotopic (exact) mass is 282 g/mol. The second-order valence-electron chi connectivity index (χ2n) is 4.42. The number of benzene rings is 1. The third-order valence-electron chi connectivity index (χ3n) is 2.94. The van der Waals surface area contributed by atoms with Gasteiger partial charge in [-0.3, -0.25) is 0 Å². The third-order valence-corrected chi connectivity index (χ3v) is 3.50. The van der Waals surface area contributed by atoms with Crippen molar-refractivity contribution in [3.63, 3.8) is 0 Å². The second kappa shape index (κ2) is 8.81. The first-order valence-corrected chi connectivity index (χ1v) is 7.62. The maximum atomic E-state index is 3.47. The molecule has 1 aromatic carbocycles. The number of unbranched alkanes of at least 4 members (excludes halogenated alkanes) is 3. The van der Waals surface area contributed by atoms with Gasteiger partial charge in [-0.05, 0) is 43.2 Å². The molecule has 0 aliphatic carbocycles. The van der Waals surface area contributed by atoms with Gasteiger partial charge < -0.3 is 0 Å². The molecule has 0 fully saturated rings. The smallest absolute Gasteiger partial charge is 0.00314 e. The van der Waals surface area contributed by atoms with Crippen LogP contribution >= 0.6 is 15.9 Å². The molecule has 90 valence electrons. The first kappa shape index (κ1) is 13.8. The molecule has 16 heavy (non-hydrogen) atoms. The lowest BCUT2D eigenvalue weighted by atomic mass is 10.0. The lowest BCUT2D eigenvalue weighted by Gasteiger charge is -2.03. The Kier molecular flexibility index (Phi) is 7.58. The highest BCUT2D eigenvalue weighted by atomic mass is 79.9. The van der Waals surface area contributed by atoms with E-state index in [0.717, 1.165) is 5.33 Å². The number of hydrogen-bond donors (Lipinski definition) is 0. The minimum atomic E-state index is 1.13. The highest BCUT2D eigenvalue weighted by Gasteiger charge is 1.95. The van der Waals surface area contributed by atoms with E-state index in [1.54, 1.807) is 0 Å². The molecule has 0 saturated carbocycles. The quantitative estimate of drug-likeness (QED) is 0.458. The van der Waals surface area contributed by atoms with Crippen molar-refractivity contribution in [1.29, 1.82) is 0 Å². The van der Waals surface area contributed by atoms with Crippen molar-refractivity contribution in [2.45, 2.75) is 51.9 Å². The standard InChI is InChI=1S/C15H23Br/c1-2-3-4-7-14-9-11-15(12-10-14)8-5-6-13-16/h9-12H,2-8,13H2,1H3. The SMILES string of the molecule is CCCCCc1ccc(CCCCBr)cc1. The fourth-order valence-corrected chi connectivity index (χ4v) is 2.27. The summed E-state index contributed by atoms with van der Waals surface area (Å²) in [5.74, 6) is 0. The summed E-state index contributed by atoms with van der Waals surface area (Å²) in [4.78, 5) is 0. The van der Waals surface area contributed by atoms with Gasteiger partial charge in [-0.2, -0.15) is 0 Å². The first-order valence-electron chi connectivity index (χ1n) is 6.50. The number of rotatable bonds is 8. The third kappa shape index (κ3) is 5.69. The number of aryl methyl sites for hydroxylation is 2. The minimum Gasteiger partial charge on any atom is -0.0928 e. The molecule has 0 bridgehead atoms. The van der Waals surface area contributed by atoms with E-state index in [1.807, 2.05) is 0 Å². The maximum absolute atomic E-state index is 3.47. The van der Waals surface area contributed by atoms with Gasteiger partial charge in [0.25, 0.3) is 0 Å². The molecule has 0 nitrogen and oxygen atoms in total. The van der Waals surface area contributed by atoms with Crippen LogP contribution in [0.2, 0.25) is 0 Å². The van der Waals surface area contributed by atoms with Crippen LogP contribution in [0.4, 0.5) is 0 Å². The van der Waals surface area contributed by atoms with E-state index in [4.69, 9.17) is 0 Å². The van der Waals surface area contributed by atoms with Gasteiger partial charge in [0.2, 0.25) is 0 Å². The normalized spacial score (nSPS) is 10.6. The van der Waals surface area contributed by atoms with Crippen molar-refractivity contribution < 1.29 is 0 Å². The Morgan fingerprint density at radius 2 is 1.31 bits per heavy atom. The van der Waals surface area contributed by atoms with Crippen molar-refractivity contribution in [2.24, 2.45) is 0 Å². The molecule has 0 aliphatic heterocycles. The fourth-order valence-electron chi connectivity index (χ4n) is 1.88. The molecule has 0 atom stereocenters. The lowest BCUT2D eigenvalue weighted by Crippen LogP contribution is -1.89. The maximum Gasteiger partial charge on any atom is 0.00314 e. The Hall–Kier alpha value is -0.300. The van der Waals surface area contributed by atoms with Crippen LogP contribution in [0.5, 0.6) is 0 Å². The summed E-state index contributed by atoms with van der Waals surface area (Å²) in [7, 11) is 0.